The van der Waals surface area contributed by atoms with Gasteiger partial charge in [-0.15, -0.1) is 0 Å². The van der Waals surface area contributed by atoms with Crippen LogP contribution >= 0.6 is 11.6 Å². The number of rotatable bonds is 6. The van der Waals surface area contributed by atoms with E-state index in [0.717, 1.165) is 19.6 Å². The number of amides is 1. The number of benzene rings is 2. The minimum absolute atomic E-state index is 0.0473. The van der Waals surface area contributed by atoms with Crippen LogP contribution in [0.3, 0.4) is 0 Å². The lowest BCUT2D eigenvalue weighted by atomic mass is 10.2. The van der Waals surface area contributed by atoms with Gasteiger partial charge < -0.3 is 9.64 Å². The minimum Gasteiger partial charge on any atom is -0.452 e. The van der Waals surface area contributed by atoms with E-state index in [9.17, 15) is 14.0 Å². The average molecular weight is 471 g/mol. The number of esters is 1. The minimum atomic E-state index is -0.720. The van der Waals surface area contributed by atoms with Crippen molar-refractivity contribution in [1.82, 2.24) is 19.6 Å². The van der Waals surface area contributed by atoms with Crippen molar-refractivity contribution in [3.8, 4) is 5.69 Å². The van der Waals surface area contributed by atoms with E-state index < -0.39 is 11.8 Å². The zero-order valence-electron chi connectivity index (χ0n) is 18.2. The number of ether oxygens (including phenoxy) is 1. The summed E-state index contributed by atoms with van der Waals surface area (Å²) < 4.78 is 19.8. The summed E-state index contributed by atoms with van der Waals surface area (Å²) >= 11 is 6.35. The molecule has 4 rings (SSSR count). The molecule has 1 aliphatic rings. The molecule has 9 heteroatoms. The Balaban J connectivity index is 1.31. The molecular formula is C24H24ClFN4O3. The third-order valence-electron chi connectivity index (χ3n) is 5.58. The summed E-state index contributed by atoms with van der Waals surface area (Å²) in [6.45, 7) is 4.75. The van der Waals surface area contributed by atoms with E-state index in [-0.39, 0.29) is 23.2 Å². The van der Waals surface area contributed by atoms with Gasteiger partial charge in [0.05, 0.1) is 11.4 Å². The third kappa shape index (κ3) is 5.40. The topological polar surface area (TPSA) is 67.7 Å². The summed E-state index contributed by atoms with van der Waals surface area (Å²) in [5.74, 6) is -1.36. The van der Waals surface area contributed by atoms with E-state index in [1.807, 2.05) is 18.2 Å². The van der Waals surface area contributed by atoms with Crippen molar-refractivity contribution in [2.75, 3.05) is 32.8 Å². The second-order valence-corrected chi connectivity index (χ2v) is 8.22. The molecular weight excluding hydrogens is 447 g/mol. The standard InChI is InChI=1S/C24H24ClFN4O3/c1-17-22(23(25)30(27-17)20-9-7-19(26)8-10-20)24(32)33-16-21(31)29-13-11-28(12-14-29)15-18-5-3-2-4-6-18/h2-10H,11-16H2,1H3. The van der Waals surface area contributed by atoms with Gasteiger partial charge in [-0.05, 0) is 36.8 Å². The lowest BCUT2D eigenvalue weighted by Gasteiger charge is -2.34. The van der Waals surface area contributed by atoms with Gasteiger partial charge in [-0.3, -0.25) is 9.69 Å². The summed E-state index contributed by atoms with van der Waals surface area (Å²) in [7, 11) is 0. The Hall–Kier alpha value is -3.23. The van der Waals surface area contributed by atoms with Crippen LogP contribution in [0, 0.1) is 12.7 Å². The van der Waals surface area contributed by atoms with Crippen molar-refractivity contribution < 1.29 is 18.7 Å². The molecule has 1 aliphatic heterocycles. The van der Waals surface area contributed by atoms with Crippen molar-refractivity contribution in [2.24, 2.45) is 0 Å². The molecule has 33 heavy (non-hydrogen) atoms. The SMILES string of the molecule is Cc1nn(-c2ccc(F)cc2)c(Cl)c1C(=O)OCC(=O)N1CCN(Cc2ccccc2)CC1. The number of piperazine rings is 1. The Morgan fingerprint density at radius 1 is 1.03 bits per heavy atom. The highest BCUT2D eigenvalue weighted by Crippen LogP contribution is 2.24. The maximum absolute atomic E-state index is 13.2. The van der Waals surface area contributed by atoms with Gasteiger partial charge in [-0.25, -0.2) is 13.9 Å². The summed E-state index contributed by atoms with van der Waals surface area (Å²) in [5, 5.41) is 4.30. The molecule has 0 N–H and O–H groups in total. The Labute approximate surface area is 196 Å². The van der Waals surface area contributed by atoms with Gasteiger partial charge in [0.15, 0.2) is 6.61 Å². The van der Waals surface area contributed by atoms with Crippen LogP contribution in [0.5, 0.6) is 0 Å². The molecule has 0 bridgehead atoms. The van der Waals surface area contributed by atoms with Gasteiger partial charge in [0.1, 0.15) is 16.5 Å². The fourth-order valence-corrected chi connectivity index (χ4v) is 4.12. The maximum Gasteiger partial charge on any atom is 0.343 e. The molecule has 1 amide bonds. The van der Waals surface area contributed by atoms with Gasteiger partial charge >= 0.3 is 5.97 Å². The summed E-state index contributed by atoms with van der Waals surface area (Å²) in [5.41, 5.74) is 2.19. The Kier molecular flexibility index (Phi) is 7.05. The van der Waals surface area contributed by atoms with Gasteiger partial charge in [0, 0.05) is 32.7 Å². The molecule has 0 aliphatic carbocycles. The summed E-state index contributed by atoms with van der Waals surface area (Å²) in [6, 6.07) is 15.8. The largest absolute Gasteiger partial charge is 0.452 e. The van der Waals surface area contributed by atoms with Crippen LogP contribution in [0.15, 0.2) is 54.6 Å². The van der Waals surface area contributed by atoms with Crippen molar-refractivity contribution >= 4 is 23.5 Å². The van der Waals surface area contributed by atoms with E-state index in [1.54, 1.807) is 11.8 Å². The lowest BCUT2D eigenvalue weighted by Crippen LogP contribution is -2.49. The zero-order chi connectivity index (χ0) is 23.4. The van der Waals surface area contributed by atoms with Gasteiger partial charge in [-0.2, -0.15) is 5.10 Å². The first-order chi connectivity index (χ1) is 15.9. The second kappa shape index (κ2) is 10.1. The normalized spacial score (nSPS) is 14.3. The fraction of sp³-hybridized carbons (Fsp3) is 0.292. The smallest absolute Gasteiger partial charge is 0.343 e. The highest BCUT2D eigenvalue weighted by Gasteiger charge is 2.26. The zero-order valence-corrected chi connectivity index (χ0v) is 19.0. The molecule has 1 aromatic heterocycles. The van der Waals surface area contributed by atoms with Crippen LogP contribution in [-0.2, 0) is 16.1 Å². The molecule has 0 spiro atoms. The van der Waals surface area contributed by atoms with E-state index in [2.05, 4.69) is 22.1 Å². The van der Waals surface area contributed by atoms with Crippen LogP contribution in [0.1, 0.15) is 21.6 Å². The molecule has 0 radical (unpaired) electrons. The first-order valence-electron chi connectivity index (χ1n) is 10.6. The molecule has 0 atom stereocenters. The van der Waals surface area contributed by atoms with Crippen LogP contribution < -0.4 is 0 Å². The third-order valence-corrected chi connectivity index (χ3v) is 5.93. The molecule has 7 nitrogen and oxygen atoms in total. The van der Waals surface area contributed by atoms with Gasteiger partial charge in [-0.1, -0.05) is 41.9 Å². The van der Waals surface area contributed by atoms with Crippen LogP contribution in [0.2, 0.25) is 5.15 Å². The predicted octanol–water partition coefficient (Wildman–Crippen LogP) is 3.47. The number of aryl methyl sites for hydroxylation is 1. The second-order valence-electron chi connectivity index (χ2n) is 7.86. The van der Waals surface area contributed by atoms with Crippen LogP contribution in [-0.4, -0.2) is 64.2 Å². The Bertz CT molecular complexity index is 1130. The lowest BCUT2D eigenvalue weighted by molar-refractivity contribution is -0.136. The Morgan fingerprint density at radius 3 is 2.36 bits per heavy atom. The van der Waals surface area contributed by atoms with Gasteiger partial charge in [0.2, 0.25) is 0 Å². The van der Waals surface area contributed by atoms with E-state index >= 15 is 0 Å². The van der Waals surface area contributed by atoms with E-state index in [4.69, 9.17) is 16.3 Å². The molecule has 1 saturated heterocycles. The number of aromatic nitrogens is 2. The predicted molar refractivity (Wildman–Crippen MR) is 122 cm³/mol. The van der Waals surface area contributed by atoms with Crippen molar-refractivity contribution in [1.29, 1.82) is 0 Å². The van der Waals surface area contributed by atoms with Crippen molar-refractivity contribution in [3.63, 3.8) is 0 Å². The molecule has 3 aromatic rings. The molecule has 0 unspecified atom stereocenters. The van der Waals surface area contributed by atoms with Crippen LogP contribution in [0.4, 0.5) is 4.39 Å². The number of carbonyl (C=O) groups excluding carboxylic acids is 2. The van der Waals surface area contributed by atoms with Crippen molar-refractivity contribution in [2.45, 2.75) is 13.5 Å². The molecule has 1 fully saturated rings. The summed E-state index contributed by atoms with van der Waals surface area (Å²) in [4.78, 5) is 29.2. The Morgan fingerprint density at radius 2 is 1.70 bits per heavy atom. The highest BCUT2D eigenvalue weighted by atomic mass is 35.5. The highest BCUT2D eigenvalue weighted by molar-refractivity contribution is 6.33. The number of carbonyl (C=O) groups is 2. The molecule has 2 aromatic carbocycles. The van der Waals surface area contributed by atoms with Crippen LogP contribution in [0.25, 0.3) is 5.69 Å². The number of hydrogen-bond donors (Lipinski definition) is 0. The molecule has 2 heterocycles. The number of nitrogens with zero attached hydrogens (tertiary/aromatic N) is 4. The molecule has 172 valence electrons. The number of halogens is 2. The first-order valence-corrected chi connectivity index (χ1v) is 11.0. The van der Waals surface area contributed by atoms with E-state index in [1.165, 1.54) is 34.5 Å². The van der Waals surface area contributed by atoms with Gasteiger partial charge in [0.25, 0.3) is 5.91 Å². The number of hydrogen-bond acceptors (Lipinski definition) is 5. The first kappa shape index (κ1) is 22.9. The fourth-order valence-electron chi connectivity index (χ4n) is 3.77. The quantitative estimate of drug-likeness (QED) is 0.516. The maximum atomic E-state index is 13.2. The average Bonchev–Trinajstić information content (AvgIpc) is 3.12. The van der Waals surface area contributed by atoms with Crippen molar-refractivity contribution in [3.05, 3.63) is 82.4 Å². The monoisotopic (exact) mass is 470 g/mol. The summed E-state index contributed by atoms with van der Waals surface area (Å²) in [6.07, 6.45) is 0. The van der Waals surface area contributed by atoms with E-state index in [0.29, 0.717) is 24.5 Å². The molecule has 0 saturated carbocycles.